The highest BCUT2D eigenvalue weighted by Crippen LogP contribution is 2.22. The van der Waals surface area contributed by atoms with Crippen LogP contribution in [0.2, 0.25) is 0 Å². The van der Waals surface area contributed by atoms with Crippen molar-refractivity contribution in [3.63, 3.8) is 0 Å². The van der Waals surface area contributed by atoms with Gasteiger partial charge in [-0.15, -0.1) is 0 Å². The average molecular weight is 334 g/mol. The summed E-state index contributed by atoms with van der Waals surface area (Å²) < 4.78 is 11.3. The Bertz CT molecular complexity index is 540. The van der Waals surface area contributed by atoms with Gasteiger partial charge in [-0.25, -0.2) is 4.79 Å². The molecule has 0 bridgehead atoms. The smallest absolute Gasteiger partial charge is 0.410 e. The number of rotatable bonds is 5. The van der Waals surface area contributed by atoms with Gasteiger partial charge in [0.1, 0.15) is 11.4 Å². The number of benzene rings is 1. The highest BCUT2D eigenvalue weighted by molar-refractivity contribution is 5.68. The topological polar surface area (TPSA) is 64.8 Å². The van der Waals surface area contributed by atoms with Gasteiger partial charge >= 0.3 is 6.09 Å². The van der Waals surface area contributed by atoms with E-state index < -0.39 is 5.60 Å². The highest BCUT2D eigenvalue weighted by Gasteiger charge is 2.27. The van der Waals surface area contributed by atoms with Gasteiger partial charge in [-0.3, -0.25) is 0 Å². The molecule has 1 fully saturated rings. The quantitative estimate of drug-likeness (QED) is 0.894. The first-order valence-corrected chi connectivity index (χ1v) is 8.77. The van der Waals surface area contributed by atoms with Gasteiger partial charge in [-0.1, -0.05) is 12.1 Å². The van der Waals surface area contributed by atoms with E-state index in [-0.39, 0.29) is 6.09 Å². The number of nitrogens with two attached hydrogens (primary N) is 1. The van der Waals surface area contributed by atoms with Crippen molar-refractivity contribution in [2.45, 2.75) is 52.2 Å². The van der Waals surface area contributed by atoms with Gasteiger partial charge in [0.05, 0.1) is 6.61 Å². The summed E-state index contributed by atoms with van der Waals surface area (Å²) in [5.74, 6) is 1.32. The SMILES string of the molecule is CC(C)(C)OC(=O)N1CCC[C@@H](CCOc2cccc(CN)c2)C1. The number of carbonyl (C=O) groups is 1. The molecule has 2 N–H and O–H groups in total. The number of nitrogens with zero attached hydrogens (tertiary/aromatic N) is 1. The van der Waals surface area contributed by atoms with Gasteiger partial charge in [0, 0.05) is 19.6 Å². The highest BCUT2D eigenvalue weighted by atomic mass is 16.6. The Hall–Kier alpha value is -1.75. The van der Waals surface area contributed by atoms with Crippen LogP contribution < -0.4 is 10.5 Å². The van der Waals surface area contributed by atoms with Gasteiger partial charge in [0.25, 0.3) is 0 Å². The molecule has 5 nitrogen and oxygen atoms in total. The Morgan fingerprint density at radius 3 is 2.88 bits per heavy atom. The van der Waals surface area contributed by atoms with Gasteiger partial charge in [0.15, 0.2) is 0 Å². The maximum atomic E-state index is 12.2. The summed E-state index contributed by atoms with van der Waals surface area (Å²) in [6, 6.07) is 7.88. The molecular weight excluding hydrogens is 304 g/mol. The van der Waals surface area contributed by atoms with E-state index >= 15 is 0 Å². The van der Waals surface area contributed by atoms with Gasteiger partial charge in [0.2, 0.25) is 0 Å². The molecule has 2 rings (SSSR count). The lowest BCUT2D eigenvalue weighted by Crippen LogP contribution is -2.43. The van der Waals surface area contributed by atoms with Crippen molar-refractivity contribution in [2.75, 3.05) is 19.7 Å². The lowest BCUT2D eigenvalue weighted by Gasteiger charge is -2.34. The van der Waals surface area contributed by atoms with Crippen molar-refractivity contribution in [3.05, 3.63) is 29.8 Å². The molecule has 0 aliphatic carbocycles. The molecule has 1 amide bonds. The molecule has 1 saturated heterocycles. The number of amides is 1. The standard InChI is InChI=1S/C19H30N2O3/c1-19(2,3)24-18(22)21-10-5-7-15(14-21)9-11-23-17-8-4-6-16(12-17)13-20/h4,6,8,12,15H,5,7,9-11,13-14,20H2,1-3H3/t15-/m0/s1. The first-order chi connectivity index (χ1) is 11.4. The Kier molecular flexibility index (Phi) is 6.49. The van der Waals surface area contributed by atoms with Crippen LogP contribution in [-0.4, -0.2) is 36.3 Å². The van der Waals surface area contributed by atoms with Crippen LogP contribution in [-0.2, 0) is 11.3 Å². The zero-order valence-electron chi connectivity index (χ0n) is 15.1. The molecule has 1 aromatic carbocycles. The summed E-state index contributed by atoms with van der Waals surface area (Å²) in [6.45, 7) is 8.40. The first-order valence-electron chi connectivity index (χ1n) is 8.77. The lowest BCUT2D eigenvalue weighted by molar-refractivity contribution is 0.0154. The predicted octanol–water partition coefficient (Wildman–Crippen LogP) is 3.56. The molecule has 1 aliphatic rings. The van der Waals surface area contributed by atoms with E-state index in [2.05, 4.69) is 0 Å². The largest absolute Gasteiger partial charge is 0.494 e. The Labute approximate surface area is 145 Å². The van der Waals surface area contributed by atoms with Crippen molar-refractivity contribution < 1.29 is 14.3 Å². The molecule has 0 unspecified atom stereocenters. The number of piperidine rings is 1. The third-order valence-corrected chi connectivity index (χ3v) is 4.10. The van der Waals surface area contributed by atoms with Gasteiger partial charge < -0.3 is 20.1 Å². The zero-order valence-corrected chi connectivity index (χ0v) is 15.1. The monoisotopic (exact) mass is 334 g/mol. The summed E-state index contributed by atoms with van der Waals surface area (Å²) >= 11 is 0. The Morgan fingerprint density at radius 2 is 2.17 bits per heavy atom. The van der Waals surface area contributed by atoms with Crippen LogP contribution in [0.4, 0.5) is 4.79 Å². The Morgan fingerprint density at radius 1 is 1.38 bits per heavy atom. The molecule has 0 aromatic heterocycles. The second-order valence-corrected chi connectivity index (χ2v) is 7.42. The van der Waals surface area contributed by atoms with Crippen molar-refractivity contribution >= 4 is 6.09 Å². The van der Waals surface area contributed by atoms with Crippen LogP contribution in [0.3, 0.4) is 0 Å². The third-order valence-electron chi connectivity index (χ3n) is 4.10. The number of hydrogen-bond donors (Lipinski definition) is 1. The van der Waals surface area contributed by atoms with E-state index in [0.717, 1.165) is 43.7 Å². The molecule has 134 valence electrons. The molecule has 24 heavy (non-hydrogen) atoms. The van der Waals surface area contributed by atoms with E-state index in [9.17, 15) is 4.79 Å². The second-order valence-electron chi connectivity index (χ2n) is 7.42. The molecule has 5 heteroatoms. The van der Waals surface area contributed by atoms with Crippen LogP contribution in [0.25, 0.3) is 0 Å². The Balaban J connectivity index is 1.77. The average Bonchev–Trinajstić information content (AvgIpc) is 2.54. The summed E-state index contributed by atoms with van der Waals surface area (Å²) in [5.41, 5.74) is 6.27. The third kappa shape index (κ3) is 6.04. The van der Waals surface area contributed by atoms with Crippen LogP contribution in [0.1, 0.15) is 45.6 Å². The number of ether oxygens (including phenoxy) is 2. The molecule has 0 saturated carbocycles. The maximum absolute atomic E-state index is 12.2. The van der Waals surface area contributed by atoms with Crippen LogP contribution in [0, 0.1) is 5.92 Å². The summed E-state index contributed by atoms with van der Waals surface area (Å²) in [7, 11) is 0. The number of hydrogen-bond acceptors (Lipinski definition) is 4. The number of likely N-dealkylation sites (tertiary alicyclic amines) is 1. The predicted molar refractivity (Wildman–Crippen MR) is 95.0 cm³/mol. The van der Waals surface area contributed by atoms with E-state index in [1.54, 1.807) is 0 Å². The van der Waals surface area contributed by atoms with E-state index in [0.29, 0.717) is 19.1 Å². The van der Waals surface area contributed by atoms with Gasteiger partial charge in [-0.2, -0.15) is 0 Å². The van der Waals surface area contributed by atoms with Crippen LogP contribution in [0.5, 0.6) is 5.75 Å². The molecule has 0 spiro atoms. The molecule has 1 aliphatic heterocycles. The summed E-state index contributed by atoms with van der Waals surface area (Å²) in [4.78, 5) is 14.0. The minimum Gasteiger partial charge on any atom is -0.494 e. The first kappa shape index (κ1) is 18.6. The molecule has 1 heterocycles. The van der Waals surface area contributed by atoms with E-state index in [1.165, 1.54) is 0 Å². The van der Waals surface area contributed by atoms with Crippen molar-refractivity contribution in [2.24, 2.45) is 11.7 Å². The summed E-state index contributed by atoms with van der Waals surface area (Å²) in [5, 5.41) is 0. The van der Waals surface area contributed by atoms with E-state index in [1.807, 2.05) is 49.9 Å². The molecule has 0 radical (unpaired) electrons. The zero-order chi connectivity index (χ0) is 17.6. The summed E-state index contributed by atoms with van der Waals surface area (Å²) in [6.07, 6.45) is 2.88. The minimum absolute atomic E-state index is 0.205. The van der Waals surface area contributed by atoms with Crippen molar-refractivity contribution in [1.82, 2.24) is 4.90 Å². The van der Waals surface area contributed by atoms with Crippen LogP contribution >= 0.6 is 0 Å². The molecular formula is C19H30N2O3. The molecule has 1 atom stereocenters. The maximum Gasteiger partial charge on any atom is 0.410 e. The van der Waals surface area contributed by atoms with Crippen molar-refractivity contribution in [3.8, 4) is 5.75 Å². The number of carbonyl (C=O) groups excluding carboxylic acids is 1. The van der Waals surface area contributed by atoms with Crippen LogP contribution in [0.15, 0.2) is 24.3 Å². The normalized spacial score (nSPS) is 18.3. The fourth-order valence-corrected chi connectivity index (χ4v) is 2.90. The lowest BCUT2D eigenvalue weighted by atomic mass is 9.95. The fourth-order valence-electron chi connectivity index (χ4n) is 2.90. The molecule has 1 aromatic rings. The minimum atomic E-state index is -0.443. The van der Waals surface area contributed by atoms with E-state index in [4.69, 9.17) is 15.2 Å². The second kappa shape index (κ2) is 8.38. The van der Waals surface area contributed by atoms with Gasteiger partial charge in [-0.05, 0) is 63.6 Å². The van der Waals surface area contributed by atoms with Crippen molar-refractivity contribution in [1.29, 1.82) is 0 Å². The fraction of sp³-hybridized carbons (Fsp3) is 0.632.